The molecule has 0 radical (unpaired) electrons. The lowest BCUT2D eigenvalue weighted by molar-refractivity contribution is 0.961. The summed E-state index contributed by atoms with van der Waals surface area (Å²) in [5.41, 5.74) is 7.61. The van der Waals surface area contributed by atoms with Crippen LogP contribution in [0.3, 0.4) is 0 Å². The number of nitrogens with two attached hydrogens (primary N) is 1. The average molecular weight is 191 g/mol. The number of nitrogens with zero attached hydrogens (tertiary/aromatic N) is 2. The molecule has 3 nitrogen and oxygen atoms in total. The van der Waals surface area contributed by atoms with Gasteiger partial charge in [0.2, 0.25) is 0 Å². The summed E-state index contributed by atoms with van der Waals surface area (Å²) in [6.45, 7) is 0. The van der Waals surface area contributed by atoms with Gasteiger partial charge >= 0.3 is 0 Å². The molecule has 2 heterocycles. The molecule has 4 heteroatoms. The zero-order valence-corrected chi connectivity index (χ0v) is 7.79. The Morgan fingerprint density at radius 2 is 2.38 bits per heavy atom. The van der Waals surface area contributed by atoms with Crippen molar-refractivity contribution in [2.24, 2.45) is 5.73 Å². The fourth-order valence-electron chi connectivity index (χ4n) is 1.31. The number of pyridine rings is 1. The van der Waals surface area contributed by atoms with Gasteiger partial charge in [0.05, 0.1) is 16.7 Å². The molecule has 2 rings (SSSR count). The molecule has 0 unspecified atom stereocenters. The molecule has 0 saturated heterocycles. The number of rotatable bonds is 2. The minimum Gasteiger partial charge on any atom is -0.393 e. The Kier molecular flexibility index (Phi) is 1.98. The van der Waals surface area contributed by atoms with Crippen LogP contribution in [0.1, 0.15) is 5.56 Å². The molecule has 0 saturated carbocycles. The van der Waals surface area contributed by atoms with Gasteiger partial charge in [0.15, 0.2) is 0 Å². The molecule has 2 aromatic heterocycles. The van der Waals surface area contributed by atoms with Gasteiger partial charge in [-0.1, -0.05) is 18.3 Å². The number of fused-ring (bicyclic) bond motifs is 1. The first kappa shape index (κ1) is 8.19. The van der Waals surface area contributed by atoms with Crippen molar-refractivity contribution in [2.45, 2.75) is 6.42 Å². The first-order valence-electron chi connectivity index (χ1n) is 3.97. The van der Waals surface area contributed by atoms with E-state index in [9.17, 15) is 0 Å². The molecule has 0 aliphatic heterocycles. The van der Waals surface area contributed by atoms with Gasteiger partial charge in [-0.15, -0.1) is 0 Å². The topological polar surface area (TPSA) is 43.3 Å². The summed E-state index contributed by atoms with van der Waals surface area (Å²) in [7, 11) is 0. The Morgan fingerprint density at radius 1 is 1.54 bits per heavy atom. The van der Waals surface area contributed by atoms with Crippen LogP contribution in [0.15, 0.2) is 30.6 Å². The highest BCUT2D eigenvalue weighted by Gasteiger charge is 2.03. The third kappa shape index (κ3) is 1.53. The highest BCUT2D eigenvalue weighted by Crippen LogP contribution is 2.10. The van der Waals surface area contributed by atoms with Crippen molar-refractivity contribution in [2.75, 3.05) is 0 Å². The maximum atomic E-state index is 5.47. The van der Waals surface area contributed by atoms with Crippen LogP contribution in [0.4, 0.5) is 0 Å². The first-order valence-corrected chi connectivity index (χ1v) is 4.38. The molecule has 0 aliphatic carbocycles. The van der Waals surface area contributed by atoms with Crippen molar-refractivity contribution < 1.29 is 0 Å². The van der Waals surface area contributed by atoms with E-state index in [2.05, 4.69) is 5.10 Å². The smallest absolute Gasteiger partial charge is 0.0773 e. The third-order valence-corrected chi connectivity index (χ3v) is 2.02. The van der Waals surface area contributed by atoms with E-state index in [0.717, 1.165) is 11.1 Å². The number of thiocarbonyl (C=S) groups is 1. The third-order valence-electron chi connectivity index (χ3n) is 1.87. The molecule has 13 heavy (non-hydrogen) atoms. The van der Waals surface area contributed by atoms with Gasteiger partial charge in [-0.05, 0) is 12.1 Å². The van der Waals surface area contributed by atoms with E-state index in [0.29, 0.717) is 11.4 Å². The van der Waals surface area contributed by atoms with Crippen LogP contribution in [0.5, 0.6) is 0 Å². The van der Waals surface area contributed by atoms with Crippen LogP contribution in [0.2, 0.25) is 0 Å². The number of hydrogen-bond acceptors (Lipinski definition) is 2. The van der Waals surface area contributed by atoms with Crippen LogP contribution in [-0.2, 0) is 6.42 Å². The minimum absolute atomic E-state index is 0.499. The SMILES string of the molecule is NC(=S)Cc1cnn2ccccc12. The van der Waals surface area contributed by atoms with Crippen LogP contribution in [0.25, 0.3) is 5.52 Å². The van der Waals surface area contributed by atoms with Crippen molar-refractivity contribution in [1.82, 2.24) is 9.61 Å². The van der Waals surface area contributed by atoms with E-state index in [1.165, 1.54) is 0 Å². The van der Waals surface area contributed by atoms with Crippen molar-refractivity contribution in [1.29, 1.82) is 0 Å². The Hall–Kier alpha value is -1.42. The fraction of sp³-hybridized carbons (Fsp3) is 0.111. The van der Waals surface area contributed by atoms with Gasteiger partial charge in [-0.25, -0.2) is 4.52 Å². The van der Waals surface area contributed by atoms with E-state index in [4.69, 9.17) is 18.0 Å². The number of aromatic nitrogens is 2. The maximum Gasteiger partial charge on any atom is 0.0773 e. The van der Waals surface area contributed by atoms with Crippen LogP contribution < -0.4 is 5.73 Å². The lowest BCUT2D eigenvalue weighted by Gasteiger charge is -1.95. The van der Waals surface area contributed by atoms with Gasteiger partial charge in [-0.3, -0.25) is 0 Å². The molecule has 0 bridgehead atoms. The first-order chi connectivity index (χ1) is 6.27. The minimum atomic E-state index is 0.499. The molecular formula is C9H9N3S. The second-order valence-corrected chi connectivity index (χ2v) is 3.37. The van der Waals surface area contributed by atoms with Crippen LogP contribution in [0, 0.1) is 0 Å². The fourth-order valence-corrected chi connectivity index (χ4v) is 1.47. The van der Waals surface area contributed by atoms with E-state index in [-0.39, 0.29) is 0 Å². The molecular weight excluding hydrogens is 182 g/mol. The summed E-state index contributed by atoms with van der Waals surface area (Å²) in [5, 5.41) is 4.17. The van der Waals surface area contributed by atoms with Gasteiger partial charge in [0.25, 0.3) is 0 Å². The van der Waals surface area contributed by atoms with Crippen molar-refractivity contribution in [3.05, 3.63) is 36.2 Å². The molecule has 0 aliphatic rings. The molecule has 0 fully saturated rings. The molecule has 0 aromatic carbocycles. The zero-order valence-electron chi connectivity index (χ0n) is 6.97. The second-order valence-electron chi connectivity index (χ2n) is 2.84. The predicted octanol–water partition coefficient (Wildman–Crippen LogP) is 1.16. The molecule has 0 amide bonds. The van der Waals surface area contributed by atoms with Crippen LogP contribution in [-0.4, -0.2) is 14.6 Å². The normalized spacial score (nSPS) is 10.5. The summed E-state index contributed by atoms with van der Waals surface area (Å²) in [6.07, 6.45) is 4.32. The Morgan fingerprint density at radius 3 is 3.15 bits per heavy atom. The molecule has 0 atom stereocenters. The van der Waals surface area contributed by atoms with Crippen LogP contribution >= 0.6 is 12.2 Å². The standard InChI is InChI=1S/C9H9N3S/c10-9(13)5-7-6-11-12-4-2-1-3-8(7)12/h1-4,6H,5H2,(H2,10,13). The number of hydrogen-bond donors (Lipinski definition) is 1. The van der Waals surface area contributed by atoms with E-state index in [1.54, 1.807) is 6.20 Å². The Bertz CT molecular complexity index is 447. The maximum absolute atomic E-state index is 5.47. The van der Waals surface area contributed by atoms with Gasteiger partial charge in [0.1, 0.15) is 0 Å². The summed E-state index contributed by atoms with van der Waals surface area (Å²) < 4.78 is 1.81. The quantitative estimate of drug-likeness (QED) is 0.724. The van der Waals surface area contributed by atoms with E-state index in [1.807, 2.05) is 28.9 Å². The molecule has 2 N–H and O–H groups in total. The summed E-state index contributed by atoms with van der Waals surface area (Å²) in [5.74, 6) is 0. The zero-order chi connectivity index (χ0) is 9.26. The summed E-state index contributed by atoms with van der Waals surface area (Å²) >= 11 is 4.85. The van der Waals surface area contributed by atoms with Crippen molar-refractivity contribution in [3.63, 3.8) is 0 Å². The monoisotopic (exact) mass is 191 g/mol. The largest absolute Gasteiger partial charge is 0.393 e. The Labute approximate surface area is 81.2 Å². The van der Waals surface area contributed by atoms with Gasteiger partial charge < -0.3 is 5.73 Å². The highest BCUT2D eigenvalue weighted by molar-refractivity contribution is 7.80. The lowest BCUT2D eigenvalue weighted by atomic mass is 10.2. The molecule has 2 aromatic rings. The van der Waals surface area contributed by atoms with E-state index >= 15 is 0 Å². The summed E-state index contributed by atoms with van der Waals surface area (Å²) in [4.78, 5) is 0.499. The predicted molar refractivity (Wildman–Crippen MR) is 55.7 cm³/mol. The van der Waals surface area contributed by atoms with Crippen molar-refractivity contribution in [3.8, 4) is 0 Å². The average Bonchev–Trinajstić information content (AvgIpc) is 2.48. The Balaban J connectivity index is 2.51. The molecule has 0 spiro atoms. The van der Waals surface area contributed by atoms with E-state index < -0.39 is 0 Å². The lowest BCUT2D eigenvalue weighted by Crippen LogP contribution is -2.10. The second kappa shape index (κ2) is 3.14. The summed E-state index contributed by atoms with van der Waals surface area (Å²) in [6, 6.07) is 5.91. The van der Waals surface area contributed by atoms with Crippen molar-refractivity contribution >= 4 is 22.7 Å². The highest BCUT2D eigenvalue weighted by atomic mass is 32.1. The van der Waals surface area contributed by atoms with Gasteiger partial charge in [-0.2, -0.15) is 5.10 Å². The van der Waals surface area contributed by atoms with Gasteiger partial charge in [0, 0.05) is 18.2 Å². The molecule has 66 valence electrons.